The molecule has 0 radical (unpaired) electrons. The van der Waals surface area contributed by atoms with Crippen LogP contribution in [0.2, 0.25) is 0 Å². The van der Waals surface area contributed by atoms with Gasteiger partial charge < -0.3 is 14.2 Å². The SMILES string of the molecule is COC(=O)CC1c2cc(OC)c(OC)cc2CCN1S(=O)(=O)N(C)CCC#N. The predicted octanol–water partition coefficient (Wildman–Crippen LogP) is 1.26. The van der Waals surface area contributed by atoms with Crippen molar-refractivity contribution in [3.63, 3.8) is 0 Å². The van der Waals surface area contributed by atoms with Gasteiger partial charge in [-0.2, -0.15) is 22.3 Å². The van der Waals surface area contributed by atoms with Gasteiger partial charge in [-0.1, -0.05) is 0 Å². The zero-order valence-electron chi connectivity index (χ0n) is 16.5. The molecule has 0 bridgehead atoms. The summed E-state index contributed by atoms with van der Waals surface area (Å²) in [5.41, 5.74) is 1.56. The lowest BCUT2D eigenvalue weighted by Gasteiger charge is -2.38. The maximum atomic E-state index is 13.1. The number of methoxy groups -OCH3 is 3. The van der Waals surface area contributed by atoms with Crippen LogP contribution < -0.4 is 9.47 Å². The molecule has 9 nitrogen and oxygen atoms in total. The van der Waals surface area contributed by atoms with Gasteiger partial charge >= 0.3 is 5.97 Å². The van der Waals surface area contributed by atoms with Crippen LogP contribution in [-0.4, -0.2) is 64.5 Å². The van der Waals surface area contributed by atoms with E-state index in [0.717, 1.165) is 9.87 Å². The second-order valence-corrected chi connectivity index (χ2v) is 8.29. The molecule has 0 aromatic heterocycles. The molecule has 1 aliphatic rings. The molecule has 1 aliphatic heterocycles. The first kappa shape index (κ1) is 21.9. The molecule has 0 N–H and O–H groups in total. The van der Waals surface area contributed by atoms with Gasteiger partial charge in [-0.25, -0.2) is 0 Å². The van der Waals surface area contributed by atoms with Crippen molar-refractivity contribution in [1.29, 1.82) is 5.26 Å². The lowest BCUT2D eigenvalue weighted by atomic mass is 9.91. The van der Waals surface area contributed by atoms with Crippen LogP contribution in [0.1, 0.15) is 30.0 Å². The first-order valence-electron chi connectivity index (χ1n) is 8.71. The number of esters is 1. The van der Waals surface area contributed by atoms with Crippen LogP contribution in [0.25, 0.3) is 0 Å². The highest BCUT2D eigenvalue weighted by molar-refractivity contribution is 7.86. The molecule has 0 spiro atoms. The normalized spacial score (nSPS) is 16.9. The minimum absolute atomic E-state index is 0.0685. The molecule has 1 aromatic rings. The lowest BCUT2D eigenvalue weighted by molar-refractivity contribution is -0.141. The summed E-state index contributed by atoms with van der Waals surface area (Å²) < 4.78 is 44.1. The Morgan fingerprint density at radius 1 is 1.29 bits per heavy atom. The highest BCUT2D eigenvalue weighted by Crippen LogP contribution is 2.41. The number of fused-ring (bicyclic) bond motifs is 1. The number of nitrogens with zero attached hydrogens (tertiary/aromatic N) is 3. The molecule has 2 rings (SSSR count). The Bertz CT molecular complexity index is 865. The molecule has 28 heavy (non-hydrogen) atoms. The van der Waals surface area contributed by atoms with Crippen LogP contribution in [0.3, 0.4) is 0 Å². The molecule has 0 aliphatic carbocycles. The van der Waals surface area contributed by atoms with Crippen LogP contribution in [0, 0.1) is 11.3 Å². The van der Waals surface area contributed by atoms with Gasteiger partial charge in [-0.05, 0) is 29.7 Å². The van der Waals surface area contributed by atoms with Gasteiger partial charge in [0.2, 0.25) is 0 Å². The maximum Gasteiger partial charge on any atom is 0.307 e. The van der Waals surface area contributed by atoms with Crippen LogP contribution in [0.5, 0.6) is 11.5 Å². The summed E-state index contributed by atoms with van der Waals surface area (Å²) in [5, 5.41) is 8.76. The van der Waals surface area contributed by atoms with E-state index in [4.69, 9.17) is 19.5 Å². The van der Waals surface area contributed by atoms with Gasteiger partial charge in [0, 0.05) is 26.6 Å². The Morgan fingerprint density at radius 3 is 2.50 bits per heavy atom. The summed E-state index contributed by atoms with van der Waals surface area (Å²) in [6.45, 7) is 0.266. The van der Waals surface area contributed by atoms with Crippen molar-refractivity contribution >= 4 is 16.2 Å². The van der Waals surface area contributed by atoms with Gasteiger partial charge in [0.05, 0.1) is 39.9 Å². The molecule has 0 fully saturated rings. The number of nitriles is 1. The van der Waals surface area contributed by atoms with Crippen LogP contribution >= 0.6 is 0 Å². The average Bonchev–Trinajstić information content (AvgIpc) is 2.70. The Kier molecular flexibility index (Phi) is 7.23. The van der Waals surface area contributed by atoms with Crippen molar-refractivity contribution in [2.75, 3.05) is 41.5 Å². The number of carbonyl (C=O) groups excluding carboxylic acids is 1. The molecule has 154 valence electrons. The van der Waals surface area contributed by atoms with Gasteiger partial charge in [0.15, 0.2) is 11.5 Å². The molecule has 0 amide bonds. The predicted molar refractivity (Wildman–Crippen MR) is 101 cm³/mol. The number of ether oxygens (including phenoxy) is 3. The van der Waals surface area contributed by atoms with E-state index in [2.05, 4.69) is 0 Å². The zero-order valence-corrected chi connectivity index (χ0v) is 17.3. The van der Waals surface area contributed by atoms with E-state index in [9.17, 15) is 13.2 Å². The third-order valence-corrected chi connectivity index (χ3v) is 6.77. The summed E-state index contributed by atoms with van der Waals surface area (Å²) in [6.07, 6.45) is 0.399. The fraction of sp³-hybridized carbons (Fsp3) is 0.556. The smallest absolute Gasteiger partial charge is 0.307 e. The standard InChI is InChI=1S/C18H25N3O6S/c1-20(8-5-7-19)28(23,24)21-9-6-13-10-16(25-2)17(26-3)11-14(13)15(21)12-18(22)27-4/h10-11,15H,5-6,8-9,12H2,1-4H3. The molecule has 1 atom stereocenters. The fourth-order valence-electron chi connectivity index (χ4n) is 3.24. The van der Waals surface area contributed by atoms with Crippen molar-refractivity contribution in [2.24, 2.45) is 0 Å². The number of hydrogen-bond donors (Lipinski definition) is 0. The molecule has 10 heteroatoms. The summed E-state index contributed by atoms with van der Waals surface area (Å²) in [6, 6.07) is 4.71. The minimum atomic E-state index is -3.88. The quantitative estimate of drug-likeness (QED) is 0.592. The van der Waals surface area contributed by atoms with Crippen molar-refractivity contribution < 1.29 is 27.4 Å². The second-order valence-electron chi connectivity index (χ2n) is 6.30. The molecular weight excluding hydrogens is 386 g/mol. The van der Waals surface area contributed by atoms with E-state index in [-0.39, 0.29) is 25.9 Å². The fourth-order valence-corrected chi connectivity index (χ4v) is 4.75. The van der Waals surface area contributed by atoms with E-state index in [1.807, 2.05) is 12.1 Å². The third-order valence-electron chi connectivity index (χ3n) is 4.77. The van der Waals surface area contributed by atoms with E-state index in [1.165, 1.54) is 32.7 Å². The van der Waals surface area contributed by atoms with Gasteiger partial charge in [0.1, 0.15) is 0 Å². The minimum Gasteiger partial charge on any atom is -0.493 e. The summed E-state index contributed by atoms with van der Waals surface area (Å²) in [4.78, 5) is 12.0. The monoisotopic (exact) mass is 411 g/mol. The first-order chi connectivity index (χ1) is 13.3. The van der Waals surface area contributed by atoms with Crippen molar-refractivity contribution in [1.82, 2.24) is 8.61 Å². The number of rotatable bonds is 8. The second kappa shape index (κ2) is 9.23. The zero-order chi connectivity index (χ0) is 20.9. The van der Waals surface area contributed by atoms with E-state index >= 15 is 0 Å². The van der Waals surface area contributed by atoms with Gasteiger partial charge in [-0.3, -0.25) is 4.79 Å². The van der Waals surface area contributed by atoms with Crippen molar-refractivity contribution in [3.05, 3.63) is 23.3 Å². The highest BCUT2D eigenvalue weighted by atomic mass is 32.2. The summed E-state index contributed by atoms with van der Waals surface area (Å²) in [5.74, 6) is 0.473. The lowest BCUT2D eigenvalue weighted by Crippen LogP contribution is -2.47. The molecule has 0 saturated carbocycles. The largest absolute Gasteiger partial charge is 0.493 e. The summed E-state index contributed by atoms with van der Waals surface area (Å²) >= 11 is 0. The molecule has 1 aromatic carbocycles. The Labute approximate surface area is 165 Å². The molecular formula is C18H25N3O6S. The first-order valence-corrected chi connectivity index (χ1v) is 10.1. The Morgan fingerprint density at radius 2 is 1.93 bits per heavy atom. The van der Waals surface area contributed by atoms with Crippen molar-refractivity contribution in [3.8, 4) is 17.6 Å². The highest BCUT2D eigenvalue weighted by Gasteiger charge is 2.39. The van der Waals surface area contributed by atoms with Crippen LogP contribution in [0.15, 0.2) is 12.1 Å². The topological polar surface area (TPSA) is 109 Å². The Balaban J connectivity index is 2.51. The van der Waals surface area contributed by atoms with E-state index < -0.39 is 22.2 Å². The third kappa shape index (κ3) is 4.38. The van der Waals surface area contributed by atoms with Gasteiger partial charge in [0.25, 0.3) is 10.2 Å². The van der Waals surface area contributed by atoms with Crippen molar-refractivity contribution in [2.45, 2.75) is 25.3 Å². The van der Waals surface area contributed by atoms with Crippen LogP contribution in [0.4, 0.5) is 0 Å². The van der Waals surface area contributed by atoms with Gasteiger partial charge in [-0.15, -0.1) is 0 Å². The van der Waals surface area contributed by atoms with E-state index in [0.29, 0.717) is 23.5 Å². The number of hydrogen-bond acceptors (Lipinski definition) is 7. The van der Waals surface area contributed by atoms with E-state index in [1.54, 1.807) is 6.07 Å². The number of benzene rings is 1. The molecule has 1 unspecified atom stereocenters. The van der Waals surface area contributed by atoms with Crippen LogP contribution in [-0.2, 0) is 26.2 Å². The average molecular weight is 411 g/mol. The Hall–Kier alpha value is -2.35. The maximum absolute atomic E-state index is 13.1. The summed E-state index contributed by atoms with van der Waals surface area (Å²) in [7, 11) is 1.83. The molecule has 0 saturated heterocycles. The number of carbonyl (C=O) groups is 1. The molecule has 1 heterocycles.